The van der Waals surface area contributed by atoms with Crippen molar-refractivity contribution in [3.8, 4) is 11.1 Å². The second-order valence-corrected chi connectivity index (χ2v) is 6.76. The molecule has 1 aromatic heterocycles. The Morgan fingerprint density at radius 2 is 1.80 bits per heavy atom. The van der Waals surface area contributed by atoms with Gasteiger partial charge in [-0.25, -0.2) is 0 Å². The van der Waals surface area contributed by atoms with Crippen LogP contribution in [0.4, 0.5) is 5.69 Å². The zero-order chi connectivity index (χ0) is 17.4. The Morgan fingerprint density at radius 3 is 2.64 bits per heavy atom. The van der Waals surface area contributed by atoms with Crippen molar-refractivity contribution in [3.63, 3.8) is 0 Å². The van der Waals surface area contributed by atoms with Gasteiger partial charge < -0.3 is 5.32 Å². The Morgan fingerprint density at radius 1 is 1.00 bits per heavy atom. The highest BCUT2D eigenvalue weighted by Gasteiger charge is 2.29. The highest BCUT2D eigenvalue weighted by Crippen LogP contribution is 2.34. The van der Waals surface area contributed by atoms with Gasteiger partial charge in [-0.2, -0.15) is 0 Å². The van der Waals surface area contributed by atoms with Crippen LogP contribution in [0.15, 0.2) is 60.8 Å². The van der Waals surface area contributed by atoms with E-state index >= 15 is 0 Å². The van der Waals surface area contributed by atoms with E-state index in [4.69, 9.17) is 23.2 Å². The molecule has 0 saturated heterocycles. The number of nitrogens with zero attached hydrogens (tertiary/aromatic N) is 1. The van der Waals surface area contributed by atoms with Crippen LogP contribution in [0.25, 0.3) is 11.1 Å². The number of hydrogen-bond acceptors (Lipinski definition) is 3. The third-order valence-corrected chi connectivity index (χ3v) is 5.15. The molecule has 1 N–H and O–H groups in total. The molecule has 1 aliphatic rings. The third-order valence-electron chi connectivity index (χ3n) is 4.41. The number of anilines is 1. The number of carbonyl (C=O) groups excluding carboxylic acids is 1. The third kappa shape index (κ3) is 3.01. The number of aromatic nitrogens is 1. The van der Waals surface area contributed by atoms with Gasteiger partial charge in [-0.05, 0) is 47.0 Å². The molecular weight excluding hydrogens is 355 g/mol. The van der Waals surface area contributed by atoms with Crippen LogP contribution in [-0.4, -0.2) is 17.3 Å². The van der Waals surface area contributed by atoms with Crippen LogP contribution < -0.4 is 5.32 Å². The summed E-state index contributed by atoms with van der Waals surface area (Å²) < 4.78 is 0. The van der Waals surface area contributed by atoms with E-state index in [1.54, 1.807) is 18.3 Å². The predicted molar refractivity (Wildman–Crippen MR) is 102 cm³/mol. The minimum absolute atomic E-state index is 0.0133. The molecule has 1 unspecified atom stereocenters. The SMILES string of the molecule is O=C(c1cc(-c2ccc(Cl)c(Cl)c2)ccn1)C1CNc2ccccc21. The molecule has 3 nitrogen and oxygen atoms in total. The van der Waals surface area contributed by atoms with Gasteiger partial charge >= 0.3 is 0 Å². The van der Waals surface area contributed by atoms with Crippen LogP contribution in [0.3, 0.4) is 0 Å². The summed E-state index contributed by atoms with van der Waals surface area (Å²) in [5, 5.41) is 4.27. The quantitative estimate of drug-likeness (QED) is 0.625. The summed E-state index contributed by atoms with van der Waals surface area (Å²) in [5.74, 6) is -0.202. The van der Waals surface area contributed by atoms with Crippen molar-refractivity contribution < 1.29 is 4.79 Å². The maximum Gasteiger partial charge on any atom is 0.190 e. The number of benzene rings is 2. The van der Waals surface area contributed by atoms with Crippen molar-refractivity contribution >= 4 is 34.7 Å². The van der Waals surface area contributed by atoms with Gasteiger partial charge in [-0.1, -0.05) is 47.5 Å². The monoisotopic (exact) mass is 368 g/mol. The molecule has 4 rings (SSSR count). The number of Topliss-reactive ketones (excluding diaryl/α,β-unsaturated/α-hetero) is 1. The molecule has 1 atom stereocenters. The summed E-state index contributed by atoms with van der Waals surface area (Å²) in [6.45, 7) is 0.594. The zero-order valence-electron chi connectivity index (χ0n) is 13.2. The molecule has 25 heavy (non-hydrogen) atoms. The first-order chi connectivity index (χ1) is 12.1. The van der Waals surface area contributed by atoms with Crippen LogP contribution in [0.2, 0.25) is 10.0 Å². The first-order valence-electron chi connectivity index (χ1n) is 7.92. The predicted octanol–water partition coefficient (Wildman–Crippen LogP) is 5.45. The molecule has 1 aliphatic heterocycles. The summed E-state index contributed by atoms with van der Waals surface area (Å²) in [6.07, 6.45) is 1.65. The molecule has 3 aromatic rings. The molecule has 0 aliphatic carbocycles. The Labute approximate surface area is 155 Å². The fourth-order valence-electron chi connectivity index (χ4n) is 3.12. The second kappa shape index (κ2) is 6.51. The zero-order valence-corrected chi connectivity index (χ0v) is 14.7. The normalized spacial score (nSPS) is 15.5. The van der Waals surface area contributed by atoms with Gasteiger partial charge in [0, 0.05) is 18.4 Å². The van der Waals surface area contributed by atoms with E-state index in [0.717, 1.165) is 22.4 Å². The molecule has 0 bridgehead atoms. The maximum absolute atomic E-state index is 13.0. The van der Waals surface area contributed by atoms with Crippen LogP contribution in [-0.2, 0) is 0 Å². The maximum atomic E-state index is 13.0. The number of ketones is 1. The average Bonchev–Trinajstić information content (AvgIpc) is 3.07. The highest BCUT2D eigenvalue weighted by molar-refractivity contribution is 6.42. The molecule has 0 saturated carbocycles. The van der Waals surface area contributed by atoms with Gasteiger partial charge in [-0.15, -0.1) is 0 Å². The smallest absolute Gasteiger partial charge is 0.190 e. The van der Waals surface area contributed by atoms with E-state index in [9.17, 15) is 4.79 Å². The first-order valence-corrected chi connectivity index (χ1v) is 8.67. The molecule has 5 heteroatoms. The number of para-hydroxylation sites is 1. The summed E-state index contributed by atoms with van der Waals surface area (Å²) >= 11 is 12.1. The first kappa shape index (κ1) is 16.1. The van der Waals surface area contributed by atoms with Crippen LogP contribution in [0, 0.1) is 0 Å². The Hall–Kier alpha value is -2.36. The highest BCUT2D eigenvalue weighted by atomic mass is 35.5. The number of fused-ring (bicyclic) bond motifs is 1. The number of rotatable bonds is 3. The summed E-state index contributed by atoms with van der Waals surface area (Å²) in [7, 11) is 0. The lowest BCUT2D eigenvalue weighted by Crippen LogP contribution is -2.16. The molecule has 2 heterocycles. The van der Waals surface area contributed by atoms with Crippen molar-refractivity contribution in [2.45, 2.75) is 5.92 Å². The van der Waals surface area contributed by atoms with Gasteiger partial charge in [0.1, 0.15) is 5.69 Å². The molecule has 0 spiro atoms. The molecule has 2 aromatic carbocycles. The number of pyridine rings is 1. The standard InChI is InChI=1S/C20H14Cl2N2O/c21-16-6-5-12(9-17(16)22)13-7-8-23-19(10-13)20(25)15-11-24-18-4-2-1-3-14(15)18/h1-10,15,24H,11H2. The topological polar surface area (TPSA) is 42.0 Å². The Balaban J connectivity index is 1.68. The van der Waals surface area contributed by atoms with E-state index < -0.39 is 0 Å². The lowest BCUT2D eigenvalue weighted by Gasteiger charge is -2.10. The van der Waals surface area contributed by atoms with Gasteiger partial charge in [0.15, 0.2) is 5.78 Å². The lowest BCUT2D eigenvalue weighted by atomic mass is 9.93. The number of halogens is 2. The largest absolute Gasteiger partial charge is 0.384 e. The van der Waals surface area contributed by atoms with Crippen LogP contribution >= 0.6 is 23.2 Å². The molecule has 124 valence electrons. The van der Waals surface area contributed by atoms with E-state index in [-0.39, 0.29) is 11.7 Å². The fraction of sp³-hybridized carbons (Fsp3) is 0.100. The van der Waals surface area contributed by atoms with E-state index in [2.05, 4.69) is 10.3 Å². The van der Waals surface area contributed by atoms with Gasteiger partial charge in [0.2, 0.25) is 0 Å². The van der Waals surface area contributed by atoms with Crippen LogP contribution in [0.5, 0.6) is 0 Å². The molecule has 0 amide bonds. The number of carbonyl (C=O) groups is 1. The van der Waals surface area contributed by atoms with Gasteiger partial charge in [0.05, 0.1) is 16.0 Å². The minimum Gasteiger partial charge on any atom is -0.384 e. The van der Waals surface area contributed by atoms with E-state index in [1.807, 2.05) is 42.5 Å². The van der Waals surface area contributed by atoms with Gasteiger partial charge in [-0.3, -0.25) is 9.78 Å². The van der Waals surface area contributed by atoms with Crippen molar-refractivity contribution in [1.82, 2.24) is 4.98 Å². The van der Waals surface area contributed by atoms with Gasteiger partial charge in [0.25, 0.3) is 0 Å². The summed E-state index contributed by atoms with van der Waals surface area (Å²) in [6, 6.07) is 17.0. The Kier molecular flexibility index (Phi) is 4.20. The Bertz CT molecular complexity index is 971. The lowest BCUT2D eigenvalue weighted by molar-refractivity contribution is 0.0961. The van der Waals surface area contributed by atoms with Crippen molar-refractivity contribution in [2.75, 3.05) is 11.9 Å². The number of nitrogens with one attached hydrogen (secondary N) is 1. The molecule has 0 radical (unpaired) electrons. The van der Waals surface area contributed by atoms with E-state index in [1.165, 1.54) is 0 Å². The second-order valence-electron chi connectivity index (χ2n) is 5.94. The van der Waals surface area contributed by atoms with Crippen molar-refractivity contribution in [3.05, 3.63) is 82.1 Å². The van der Waals surface area contributed by atoms with E-state index in [0.29, 0.717) is 22.3 Å². The minimum atomic E-state index is -0.215. The fourth-order valence-corrected chi connectivity index (χ4v) is 3.41. The molecular formula is C20H14Cl2N2O. The van der Waals surface area contributed by atoms with Crippen molar-refractivity contribution in [2.24, 2.45) is 0 Å². The summed E-state index contributed by atoms with van der Waals surface area (Å²) in [5.41, 5.74) is 4.27. The van der Waals surface area contributed by atoms with Crippen LogP contribution in [0.1, 0.15) is 22.0 Å². The summed E-state index contributed by atoms with van der Waals surface area (Å²) in [4.78, 5) is 17.3. The number of hydrogen-bond donors (Lipinski definition) is 1. The van der Waals surface area contributed by atoms with Crippen molar-refractivity contribution in [1.29, 1.82) is 0 Å². The molecule has 0 fully saturated rings. The average molecular weight is 369 g/mol.